The third kappa shape index (κ3) is 3.92. The minimum Gasteiger partial charge on any atom is -0.354 e. The molecule has 0 atom stereocenters. The van der Waals surface area contributed by atoms with Gasteiger partial charge in [-0.1, -0.05) is 0 Å². The molecule has 94 valence electrons. The lowest BCUT2D eigenvalue weighted by Crippen LogP contribution is -2.58. The Labute approximate surface area is 103 Å². The third-order valence-corrected chi connectivity index (χ3v) is 3.51. The Morgan fingerprint density at radius 3 is 2.69 bits per heavy atom. The average Bonchev–Trinajstić information content (AvgIpc) is 2.22. The van der Waals surface area contributed by atoms with Crippen LogP contribution in [0.2, 0.25) is 0 Å². The molecule has 1 amide bonds. The van der Waals surface area contributed by atoms with E-state index in [0.717, 1.165) is 26.2 Å². The van der Waals surface area contributed by atoms with Crippen molar-refractivity contribution in [2.75, 3.05) is 45.7 Å². The van der Waals surface area contributed by atoms with Crippen molar-refractivity contribution in [3.8, 4) is 0 Å². The lowest BCUT2D eigenvalue weighted by atomic mass is 10.00. The van der Waals surface area contributed by atoms with Gasteiger partial charge in [-0.05, 0) is 20.9 Å². The molecule has 0 aromatic rings. The van der Waals surface area contributed by atoms with E-state index >= 15 is 0 Å². The van der Waals surface area contributed by atoms with E-state index in [9.17, 15) is 4.79 Å². The molecular formula is C11H22ClN3O. The molecule has 1 saturated heterocycles. The molecular weight excluding hydrogens is 226 g/mol. The van der Waals surface area contributed by atoms with Crippen LogP contribution in [0.15, 0.2) is 0 Å². The number of nitrogens with one attached hydrogen (secondary N) is 1. The van der Waals surface area contributed by atoms with Crippen LogP contribution in [-0.2, 0) is 4.79 Å². The van der Waals surface area contributed by atoms with E-state index in [4.69, 9.17) is 11.6 Å². The van der Waals surface area contributed by atoms with Crippen LogP contribution in [-0.4, -0.2) is 66.9 Å². The van der Waals surface area contributed by atoms with Gasteiger partial charge in [0.15, 0.2) is 0 Å². The molecule has 5 heteroatoms. The Morgan fingerprint density at radius 1 is 1.44 bits per heavy atom. The second-order valence-corrected chi connectivity index (χ2v) is 5.26. The number of piperazine rings is 1. The van der Waals surface area contributed by atoms with E-state index in [0.29, 0.717) is 6.54 Å². The average molecular weight is 248 g/mol. The lowest BCUT2D eigenvalue weighted by Gasteiger charge is -2.45. The lowest BCUT2D eigenvalue weighted by molar-refractivity contribution is -0.118. The summed E-state index contributed by atoms with van der Waals surface area (Å²) in [6.45, 7) is 9.27. The Bertz CT molecular complexity index is 245. The van der Waals surface area contributed by atoms with Gasteiger partial charge in [-0.2, -0.15) is 0 Å². The molecule has 1 fully saturated rings. The smallest absolute Gasteiger partial charge is 0.234 e. The Morgan fingerprint density at radius 2 is 2.12 bits per heavy atom. The molecule has 0 aromatic heterocycles. The molecule has 1 N–H and O–H groups in total. The van der Waals surface area contributed by atoms with Crippen molar-refractivity contribution in [1.82, 2.24) is 15.1 Å². The highest BCUT2D eigenvalue weighted by atomic mass is 35.5. The van der Waals surface area contributed by atoms with Gasteiger partial charge in [0, 0.05) is 38.3 Å². The summed E-state index contributed by atoms with van der Waals surface area (Å²) < 4.78 is 0. The standard InChI is InChI=1S/C11H22ClN3O/c1-11(2)9-15(7-6-14(11)3)5-4-13-10(16)8-12/h4-9H2,1-3H3,(H,13,16). The summed E-state index contributed by atoms with van der Waals surface area (Å²) >= 11 is 5.41. The number of carbonyl (C=O) groups excluding carboxylic acids is 1. The summed E-state index contributed by atoms with van der Waals surface area (Å²) in [7, 11) is 2.16. The van der Waals surface area contributed by atoms with Crippen molar-refractivity contribution in [1.29, 1.82) is 0 Å². The number of alkyl halides is 1. The molecule has 0 aromatic carbocycles. The third-order valence-electron chi connectivity index (χ3n) is 3.27. The van der Waals surface area contributed by atoms with Crippen LogP contribution >= 0.6 is 11.6 Å². The number of hydrogen-bond donors (Lipinski definition) is 1. The minimum atomic E-state index is -0.0879. The van der Waals surface area contributed by atoms with Gasteiger partial charge in [-0.25, -0.2) is 0 Å². The minimum absolute atomic E-state index is 0.0498. The summed E-state index contributed by atoms with van der Waals surface area (Å²) in [5, 5.41) is 2.79. The summed E-state index contributed by atoms with van der Waals surface area (Å²) in [5.74, 6) is -0.0381. The maximum Gasteiger partial charge on any atom is 0.234 e. The van der Waals surface area contributed by atoms with Gasteiger partial charge in [-0.15, -0.1) is 11.6 Å². The molecule has 0 spiro atoms. The first-order chi connectivity index (χ1) is 7.45. The maximum absolute atomic E-state index is 11.0. The largest absolute Gasteiger partial charge is 0.354 e. The monoisotopic (exact) mass is 247 g/mol. The number of likely N-dealkylation sites (N-methyl/N-ethyl adjacent to an activating group) is 1. The number of carbonyl (C=O) groups is 1. The van der Waals surface area contributed by atoms with E-state index in [2.05, 4.69) is 36.0 Å². The van der Waals surface area contributed by atoms with Crippen LogP contribution in [0.1, 0.15) is 13.8 Å². The van der Waals surface area contributed by atoms with Crippen molar-refractivity contribution in [3.63, 3.8) is 0 Å². The second kappa shape index (κ2) is 5.84. The first-order valence-corrected chi connectivity index (χ1v) is 6.25. The molecule has 1 aliphatic rings. The van der Waals surface area contributed by atoms with Crippen LogP contribution < -0.4 is 5.32 Å². The SMILES string of the molecule is CN1CCN(CCNC(=O)CCl)CC1(C)C. The van der Waals surface area contributed by atoms with Crippen LogP contribution in [0, 0.1) is 0 Å². The zero-order valence-corrected chi connectivity index (χ0v) is 11.2. The van der Waals surface area contributed by atoms with Gasteiger partial charge in [0.1, 0.15) is 5.88 Å². The predicted octanol–water partition coefficient (Wildman–Crippen LogP) is 0.367. The van der Waals surface area contributed by atoms with Crippen LogP contribution in [0.4, 0.5) is 0 Å². The van der Waals surface area contributed by atoms with Gasteiger partial charge in [0.2, 0.25) is 5.91 Å². The molecule has 4 nitrogen and oxygen atoms in total. The van der Waals surface area contributed by atoms with E-state index in [1.54, 1.807) is 0 Å². The van der Waals surface area contributed by atoms with Gasteiger partial charge in [-0.3, -0.25) is 14.6 Å². The van der Waals surface area contributed by atoms with Crippen molar-refractivity contribution < 1.29 is 4.79 Å². The van der Waals surface area contributed by atoms with Crippen molar-refractivity contribution in [2.24, 2.45) is 0 Å². The zero-order valence-electron chi connectivity index (χ0n) is 10.4. The summed E-state index contributed by atoms with van der Waals surface area (Å²) in [6.07, 6.45) is 0. The van der Waals surface area contributed by atoms with Crippen molar-refractivity contribution in [3.05, 3.63) is 0 Å². The molecule has 0 unspecified atom stereocenters. The van der Waals surface area contributed by atoms with Crippen LogP contribution in [0.25, 0.3) is 0 Å². The van der Waals surface area contributed by atoms with Gasteiger partial charge >= 0.3 is 0 Å². The fourth-order valence-corrected chi connectivity index (χ4v) is 2.03. The molecule has 0 bridgehead atoms. The normalized spacial score (nSPS) is 22.0. The number of nitrogens with zero attached hydrogens (tertiary/aromatic N) is 2. The molecule has 1 heterocycles. The highest BCUT2D eigenvalue weighted by Crippen LogP contribution is 2.18. The number of halogens is 1. The van der Waals surface area contributed by atoms with E-state index in [-0.39, 0.29) is 17.3 Å². The number of amides is 1. The first kappa shape index (κ1) is 13.7. The fourth-order valence-electron chi connectivity index (χ4n) is 1.93. The van der Waals surface area contributed by atoms with Crippen molar-refractivity contribution in [2.45, 2.75) is 19.4 Å². The summed E-state index contributed by atoms with van der Waals surface area (Å²) in [5.41, 5.74) is 0.217. The highest BCUT2D eigenvalue weighted by molar-refractivity contribution is 6.27. The second-order valence-electron chi connectivity index (χ2n) is 4.99. The predicted molar refractivity (Wildman–Crippen MR) is 66.9 cm³/mol. The molecule has 16 heavy (non-hydrogen) atoms. The van der Waals surface area contributed by atoms with E-state index in [1.165, 1.54) is 0 Å². The van der Waals surface area contributed by atoms with E-state index < -0.39 is 0 Å². The Kier molecular flexibility index (Phi) is 5.02. The number of rotatable bonds is 4. The topological polar surface area (TPSA) is 35.6 Å². The van der Waals surface area contributed by atoms with Crippen LogP contribution in [0.5, 0.6) is 0 Å². The zero-order chi connectivity index (χ0) is 12.2. The van der Waals surface area contributed by atoms with Gasteiger partial charge in [0.25, 0.3) is 0 Å². The van der Waals surface area contributed by atoms with Crippen molar-refractivity contribution >= 4 is 17.5 Å². The van der Waals surface area contributed by atoms with Crippen LogP contribution in [0.3, 0.4) is 0 Å². The maximum atomic E-state index is 11.0. The molecule has 1 aliphatic heterocycles. The Balaban J connectivity index is 2.26. The van der Waals surface area contributed by atoms with Gasteiger partial charge in [0.05, 0.1) is 0 Å². The molecule has 0 radical (unpaired) electrons. The molecule has 0 aliphatic carbocycles. The fraction of sp³-hybridized carbons (Fsp3) is 0.909. The first-order valence-electron chi connectivity index (χ1n) is 5.72. The highest BCUT2D eigenvalue weighted by Gasteiger charge is 2.30. The van der Waals surface area contributed by atoms with Gasteiger partial charge < -0.3 is 5.32 Å². The van der Waals surface area contributed by atoms with E-state index in [1.807, 2.05) is 0 Å². The summed E-state index contributed by atoms with van der Waals surface area (Å²) in [4.78, 5) is 15.7. The quantitative estimate of drug-likeness (QED) is 0.729. The Hall–Kier alpha value is -0.320. The summed E-state index contributed by atoms with van der Waals surface area (Å²) in [6, 6.07) is 0. The number of hydrogen-bond acceptors (Lipinski definition) is 3. The molecule has 1 rings (SSSR count). The molecule has 0 saturated carbocycles.